The quantitative estimate of drug-likeness (QED) is 0.515. The lowest BCUT2D eigenvalue weighted by Crippen LogP contribution is -2.27. The summed E-state index contributed by atoms with van der Waals surface area (Å²) in [7, 11) is 4.79. The topological polar surface area (TPSA) is 83.6 Å². The highest BCUT2D eigenvalue weighted by Crippen LogP contribution is 2.36. The molecule has 0 fully saturated rings. The number of aromatic nitrogens is 4. The van der Waals surface area contributed by atoms with Crippen molar-refractivity contribution >= 4 is 17.5 Å². The van der Waals surface area contributed by atoms with Crippen LogP contribution in [0.2, 0.25) is 5.02 Å². The first-order chi connectivity index (χ1) is 14.5. The molecule has 1 aromatic carbocycles. The smallest absolute Gasteiger partial charge is 0.274 e. The van der Waals surface area contributed by atoms with E-state index in [0.717, 1.165) is 0 Å². The maximum Gasteiger partial charge on any atom is 0.274 e. The van der Waals surface area contributed by atoms with Gasteiger partial charge in [0.2, 0.25) is 5.75 Å². The fourth-order valence-corrected chi connectivity index (χ4v) is 3.05. The fraction of sp³-hybridized carbons (Fsp3) is 0.350. The fourth-order valence-electron chi connectivity index (χ4n) is 2.84. The molecule has 3 aromatic rings. The third kappa shape index (κ3) is 4.68. The summed E-state index contributed by atoms with van der Waals surface area (Å²) in [6.07, 6.45) is 3.41. The molecule has 0 N–H and O–H groups in total. The molecule has 0 atom stereocenters. The van der Waals surface area contributed by atoms with Crippen molar-refractivity contribution in [1.29, 1.82) is 0 Å². The molecule has 10 heteroatoms. The number of hydrogen-bond acceptors (Lipinski definition) is 6. The van der Waals surface area contributed by atoms with E-state index in [2.05, 4.69) is 10.2 Å². The van der Waals surface area contributed by atoms with Crippen molar-refractivity contribution in [3.05, 3.63) is 53.1 Å². The van der Waals surface area contributed by atoms with Crippen LogP contribution in [0.4, 0.5) is 0 Å². The van der Waals surface area contributed by atoms with Gasteiger partial charge in [-0.05, 0) is 25.1 Å². The van der Waals surface area contributed by atoms with Crippen molar-refractivity contribution in [2.24, 2.45) is 0 Å². The Balaban J connectivity index is 1.66. The first kappa shape index (κ1) is 21.5. The zero-order valence-corrected chi connectivity index (χ0v) is 18.1. The van der Waals surface area contributed by atoms with Crippen LogP contribution >= 0.6 is 11.6 Å². The molecule has 0 aliphatic rings. The van der Waals surface area contributed by atoms with Gasteiger partial charge in [-0.25, -0.2) is 4.68 Å². The molecule has 1 amide bonds. The van der Waals surface area contributed by atoms with Crippen molar-refractivity contribution in [1.82, 2.24) is 24.5 Å². The van der Waals surface area contributed by atoms with Crippen LogP contribution in [0.1, 0.15) is 23.1 Å². The van der Waals surface area contributed by atoms with Gasteiger partial charge in [-0.15, -0.1) is 0 Å². The second kappa shape index (κ2) is 9.53. The summed E-state index contributed by atoms with van der Waals surface area (Å²) < 4.78 is 19.7. The highest BCUT2D eigenvalue weighted by atomic mass is 35.5. The number of benzene rings is 1. The van der Waals surface area contributed by atoms with Gasteiger partial charge in [0.15, 0.2) is 23.9 Å². The molecule has 2 heterocycles. The first-order valence-corrected chi connectivity index (χ1v) is 9.69. The molecule has 0 saturated heterocycles. The van der Waals surface area contributed by atoms with E-state index in [1.165, 1.54) is 9.58 Å². The van der Waals surface area contributed by atoms with E-state index in [0.29, 0.717) is 40.2 Å². The van der Waals surface area contributed by atoms with Crippen LogP contribution in [0.25, 0.3) is 0 Å². The highest BCUT2D eigenvalue weighted by molar-refractivity contribution is 6.31. The van der Waals surface area contributed by atoms with Crippen LogP contribution in [-0.2, 0) is 19.8 Å². The average molecular weight is 434 g/mol. The molecule has 30 heavy (non-hydrogen) atoms. The predicted molar refractivity (Wildman–Crippen MR) is 111 cm³/mol. The SMILES string of the molecule is CCn1cc(Cl)c(CN(C)C(=O)c2ccn(COc3c(OC)cccc3OC)n2)n1. The Morgan fingerprint density at radius 2 is 1.83 bits per heavy atom. The average Bonchev–Trinajstić information content (AvgIpc) is 3.37. The molecule has 0 aliphatic carbocycles. The summed E-state index contributed by atoms with van der Waals surface area (Å²) in [6.45, 7) is 3.04. The number of nitrogens with zero attached hydrogens (tertiary/aromatic N) is 5. The van der Waals surface area contributed by atoms with Crippen molar-refractivity contribution < 1.29 is 19.0 Å². The summed E-state index contributed by atoms with van der Waals surface area (Å²) in [5.74, 6) is 1.30. The van der Waals surface area contributed by atoms with Gasteiger partial charge in [0.25, 0.3) is 5.91 Å². The van der Waals surface area contributed by atoms with Crippen LogP contribution in [0.5, 0.6) is 17.2 Å². The molecule has 9 nitrogen and oxygen atoms in total. The lowest BCUT2D eigenvalue weighted by Gasteiger charge is -2.15. The Morgan fingerprint density at radius 3 is 2.43 bits per heavy atom. The summed E-state index contributed by atoms with van der Waals surface area (Å²) in [6, 6.07) is 6.99. The van der Waals surface area contributed by atoms with Gasteiger partial charge in [-0.2, -0.15) is 10.2 Å². The van der Waals surface area contributed by atoms with E-state index in [9.17, 15) is 4.79 Å². The molecule has 0 saturated carbocycles. The van der Waals surface area contributed by atoms with Crippen LogP contribution in [-0.4, -0.2) is 51.6 Å². The number of hydrogen-bond donors (Lipinski definition) is 0. The van der Waals surface area contributed by atoms with E-state index in [4.69, 9.17) is 25.8 Å². The number of carbonyl (C=O) groups is 1. The van der Waals surface area contributed by atoms with E-state index >= 15 is 0 Å². The number of ether oxygens (including phenoxy) is 3. The molecular formula is C20H24ClN5O4. The second-order valence-electron chi connectivity index (χ2n) is 6.45. The lowest BCUT2D eigenvalue weighted by atomic mass is 10.3. The minimum Gasteiger partial charge on any atom is -0.493 e. The summed E-state index contributed by atoms with van der Waals surface area (Å²) in [5, 5.41) is 9.20. The molecule has 0 spiro atoms. The first-order valence-electron chi connectivity index (χ1n) is 9.31. The van der Waals surface area contributed by atoms with Gasteiger partial charge in [0, 0.05) is 26.0 Å². The molecule has 3 rings (SSSR count). The number of methoxy groups -OCH3 is 2. The molecule has 0 bridgehead atoms. The maximum absolute atomic E-state index is 12.7. The van der Waals surface area contributed by atoms with E-state index in [1.54, 1.807) is 62.6 Å². The second-order valence-corrected chi connectivity index (χ2v) is 6.85. The minimum atomic E-state index is -0.245. The largest absolute Gasteiger partial charge is 0.493 e. The third-order valence-electron chi connectivity index (χ3n) is 4.43. The Bertz CT molecular complexity index is 994. The molecule has 0 unspecified atom stereocenters. The maximum atomic E-state index is 12.7. The summed E-state index contributed by atoms with van der Waals surface area (Å²) >= 11 is 6.19. The van der Waals surface area contributed by atoms with Crippen molar-refractivity contribution in [2.45, 2.75) is 26.7 Å². The molecular weight excluding hydrogens is 410 g/mol. The Morgan fingerprint density at radius 1 is 1.13 bits per heavy atom. The number of aryl methyl sites for hydroxylation is 1. The predicted octanol–water partition coefficient (Wildman–Crippen LogP) is 3.08. The molecule has 160 valence electrons. The molecule has 0 radical (unpaired) electrons. The Labute approximate surface area is 179 Å². The highest BCUT2D eigenvalue weighted by Gasteiger charge is 2.18. The molecule has 0 aliphatic heterocycles. The third-order valence-corrected chi connectivity index (χ3v) is 4.74. The normalized spacial score (nSPS) is 10.7. The zero-order chi connectivity index (χ0) is 21.7. The van der Waals surface area contributed by atoms with E-state index in [1.807, 2.05) is 6.92 Å². The number of rotatable bonds is 9. The van der Waals surface area contributed by atoms with Crippen LogP contribution in [0.15, 0.2) is 36.7 Å². The Kier molecular flexibility index (Phi) is 6.83. The monoisotopic (exact) mass is 433 g/mol. The number of carbonyl (C=O) groups excluding carboxylic acids is 1. The zero-order valence-electron chi connectivity index (χ0n) is 17.3. The van der Waals surface area contributed by atoms with Gasteiger partial charge in [-0.3, -0.25) is 9.48 Å². The van der Waals surface area contributed by atoms with Gasteiger partial charge in [0.05, 0.1) is 25.8 Å². The number of halogens is 1. The van der Waals surface area contributed by atoms with E-state index < -0.39 is 0 Å². The van der Waals surface area contributed by atoms with Gasteiger partial charge >= 0.3 is 0 Å². The molecule has 2 aromatic heterocycles. The Hall–Kier alpha value is -3.20. The van der Waals surface area contributed by atoms with Crippen LogP contribution in [0, 0.1) is 0 Å². The number of amides is 1. The number of para-hydroxylation sites is 1. The van der Waals surface area contributed by atoms with E-state index in [-0.39, 0.29) is 19.2 Å². The van der Waals surface area contributed by atoms with Gasteiger partial charge < -0.3 is 19.1 Å². The van der Waals surface area contributed by atoms with Gasteiger partial charge in [-0.1, -0.05) is 17.7 Å². The van der Waals surface area contributed by atoms with Gasteiger partial charge in [0.1, 0.15) is 5.69 Å². The van der Waals surface area contributed by atoms with Crippen LogP contribution in [0.3, 0.4) is 0 Å². The van der Waals surface area contributed by atoms with Crippen molar-refractivity contribution in [2.75, 3.05) is 21.3 Å². The van der Waals surface area contributed by atoms with Crippen LogP contribution < -0.4 is 14.2 Å². The van der Waals surface area contributed by atoms with Crippen molar-refractivity contribution in [3.63, 3.8) is 0 Å². The lowest BCUT2D eigenvalue weighted by molar-refractivity contribution is 0.0775. The van der Waals surface area contributed by atoms with Crippen molar-refractivity contribution in [3.8, 4) is 17.2 Å². The summed E-state index contributed by atoms with van der Waals surface area (Å²) in [4.78, 5) is 14.2. The minimum absolute atomic E-state index is 0.0838. The standard InChI is InChI=1S/C20H24ClN5O4/c1-5-25-11-14(21)16(23-25)12-24(2)20(27)15-9-10-26(22-15)13-30-19-17(28-3)7-6-8-18(19)29-4/h6-11H,5,12-13H2,1-4H3. The summed E-state index contributed by atoms with van der Waals surface area (Å²) in [5.41, 5.74) is 0.930.